The van der Waals surface area contributed by atoms with Crippen LogP contribution in [0, 0.1) is 18.3 Å². The molecule has 1 saturated heterocycles. The minimum atomic E-state index is -0.249. The van der Waals surface area contributed by atoms with E-state index in [0.29, 0.717) is 24.8 Å². The minimum Gasteiger partial charge on any atom is -0.453 e. The zero-order valence-electron chi connectivity index (χ0n) is 14.1. The van der Waals surface area contributed by atoms with Crippen LogP contribution in [0.4, 0.5) is 4.79 Å². The van der Waals surface area contributed by atoms with Gasteiger partial charge in [0.2, 0.25) is 0 Å². The maximum atomic E-state index is 11.5. The van der Waals surface area contributed by atoms with E-state index in [1.54, 1.807) is 4.90 Å². The van der Waals surface area contributed by atoms with Gasteiger partial charge >= 0.3 is 6.09 Å². The lowest BCUT2D eigenvalue weighted by molar-refractivity contribution is 0.109. The van der Waals surface area contributed by atoms with Crippen LogP contribution in [-0.4, -0.2) is 41.6 Å². The van der Waals surface area contributed by atoms with Gasteiger partial charge in [-0.15, -0.1) is 0 Å². The zero-order valence-corrected chi connectivity index (χ0v) is 14.1. The van der Waals surface area contributed by atoms with Gasteiger partial charge in [-0.2, -0.15) is 5.26 Å². The first-order valence-electron chi connectivity index (χ1n) is 8.20. The van der Waals surface area contributed by atoms with Gasteiger partial charge in [0.05, 0.1) is 12.6 Å². The lowest BCUT2D eigenvalue weighted by atomic mass is 10.0. The standard InChI is InChI=1S/C18H22N4O2/c1-13-15(16-5-3-4-8-22(16)17(13)11-19)12-20-14-6-9-21(10-7-14)18(23)24-2/h3-5,8,14,20H,6-7,9-10,12H2,1-2H3. The molecule has 1 aliphatic rings. The number of likely N-dealkylation sites (tertiary alicyclic amines) is 1. The van der Waals surface area contributed by atoms with Crippen molar-refractivity contribution in [2.75, 3.05) is 20.2 Å². The molecule has 6 heteroatoms. The van der Waals surface area contributed by atoms with Gasteiger partial charge in [-0.25, -0.2) is 4.79 Å². The molecule has 6 nitrogen and oxygen atoms in total. The highest BCUT2D eigenvalue weighted by Crippen LogP contribution is 2.23. The lowest BCUT2D eigenvalue weighted by Crippen LogP contribution is -2.44. The summed E-state index contributed by atoms with van der Waals surface area (Å²) >= 11 is 0. The van der Waals surface area contributed by atoms with Crippen LogP contribution in [-0.2, 0) is 11.3 Å². The van der Waals surface area contributed by atoms with Crippen molar-refractivity contribution in [1.29, 1.82) is 5.26 Å². The summed E-state index contributed by atoms with van der Waals surface area (Å²) in [6, 6.07) is 8.65. The molecule has 1 fully saturated rings. The molecular formula is C18H22N4O2. The number of nitriles is 1. The van der Waals surface area contributed by atoms with Crippen LogP contribution in [0.25, 0.3) is 5.52 Å². The predicted octanol–water partition coefficient (Wildman–Crippen LogP) is 2.44. The number of rotatable bonds is 3. The Hall–Kier alpha value is -2.52. The van der Waals surface area contributed by atoms with Crippen LogP contribution in [0.5, 0.6) is 0 Å². The molecule has 0 atom stereocenters. The van der Waals surface area contributed by atoms with E-state index in [2.05, 4.69) is 11.4 Å². The number of pyridine rings is 1. The number of nitrogens with one attached hydrogen (secondary N) is 1. The van der Waals surface area contributed by atoms with E-state index in [0.717, 1.165) is 30.5 Å². The minimum absolute atomic E-state index is 0.249. The first-order valence-corrected chi connectivity index (χ1v) is 8.20. The van der Waals surface area contributed by atoms with Crippen molar-refractivity contribution >= 4 is 11.6 Å². The lowest BCUT2D eigenvalue weighted by Gasteiger charge is -2.31. The second-order valence-corrected chi connectivity index (χ2v) is 6.13. The second-order valence-electron chi connectivity index (χ2n) is 6.13. The van der Waals surface area contributed by atoms with Gasteiger partial charge in [0.1, 0.15) is 11.8 Å². The van der Waals surface area contributed by atoms with Crippen LogP contribution in [0.15, 0.2) is 24.4 Å². The van der Waals surface area contributed by atoms with Crippen molar-refractivity contribution < 1.29 is 9.53 Å². The second kappa shape index (κ2) is 6.93. The van der Waals surface area contributed by atoms with Crippen LogP contribution in [0.2, 0.25) is 0 Å². The highest BCUT2D eigenvalue weighted by atomic mass is 16.5. The van der Waals surface area contributed by atoms with Gasteiger partial charge in [-0.3, -0.25) is 0 Å². The number of methoxy groups -OCH3 is 1. The van der Waals surface area contributed by atoms with Gasteiger partial charge < -0.3 is 19.4 Å². The quantitative estimate of drug-likeness (QED) is 0.940. The third-order valence-corrected chi connectivity index (χ3v) is 4.82. The average molecular weight is 326 g/mol. The van der Waals surface area contributed by atoms with Crippen molar-refractivity contribution in [3.8, 4) is 6.07 Å². The fraction of sp³-hybridized carbons (Fsp3) is 0.444. The predicted molar refractivity (Wildman–Crippen MR) is 90.7 cm³/mol. The Bertz CT molecular complexity index is 782. The van der Waals surface area contributed by atoms with E-state index in [9.17, 15) is 10.1 Å². The molecule has 1 aliphatic heterocycles. The number of piperidine rings is 1. The summed E-state index contributed by atoms with van der Waals surface area (Å²) in [7, 11) is 1.42. The summed E-state index contributed by atoms with van der Waals surface area (Å²) in [6.07, 6.45) is 3.50. The smallest absolute Gasteiger partial charge is 0.409 e. The van der Waals surface area contributed by atoms with Gasteiger partial charge in [-0.1, -0.05) is 6.07 Å². The zero-order chi connectivity index (χ0) is 17.1. The number of fused-ring (bicyclic) bond motifs is 1. The van der Waals surface area contributed by atoms with Crippen molar-refractivity contribution in [1.82, 2.24) is 14.6 Å². The maximum Gasteiger partial charge on any atom is 0.409 e. The van der Waals surface area contributed by atoms with Crippen molar-refractivity contribution in [2.45, 2.75) is 32.4 Å². The highest BCUT2D eigenvalue weighted by Gasteiger charge is 2.23. The van der Waals surface area contributed by atoms with E-state index < -0.39 is 0 Å². The summed E-state index contributed by atoms with van der Waals surface area (Å²) in [5, 5.41) is 13.0. The molecule has 3 heterocycles. The molecule has 1 amide bonds. The van der Waals surface area contributed by atoms with Gasteiger partial charge in [0, 0.05) is 31.9 Å². The molecule has 24 heavy (non-hydrogen) atoms. The number of aromatic nitrogens is 1. The molecule has 0 radical (unpaired) electrons. The first-order chi connectivity index (χ1) is 11.7. The largest absolute Gasteiger partial charge is 0.453 e. The number of hydrogen-bond acceptors (Lipinski definition) is 4. The molecule has 3 rings (SSSR count). The number of ether oxygens (including phenoxy) is 1. The normalized spacial score (nSPS) is 15.5. The van der Waals surface area contributed by atoms with Gasteiger partial charge in [0.15, 0.2) is 0 Å². The summed E-state index contributed by atoms with van der Waals surface area (Å²) < 4.78 is 6.72. The van der Waals surface area contributed by atoms with Crippen LogP contribution in [0.3, 0.4) is 0 Å². The highest BCUT2D eigenvalue weighted by molar-refractivity contribution is 5.67. The summed E-state index contributed by atoms with van der Waals surface area (Å²) in [4.78, 5) is 13.3. The fourth-order valence-electron chi connectivity index (χ4n) is 3.40. The van der Waals surface area contributed by atoms with Crippen LogP contribution in [0.1, 0.15) is 29.7 Å². The first kappa shape index (κ1) is 16.3. The van der Waals surface area contributed by atoms with E-state index >= 15 is 0 Å². The van der Waals surface area contributed by atoms with Crippen molar-refractivity contribution in [3.05, 3.63) is 41.2 Å². The summed E-state index contributed by atoms with van der Waals surface area (Å²) in [5.41, 5.74) is 3.97. The summed E-state index contributed by atoms with van der Waals surface area (Å²) in [5.74, 6) is 0. The van der Waals surface area contributed by atoms with Gasteiger partial charge in [0.25, 0.3) is 0 Å². The average Bonchev–Trinajstić information content (AvgIpc) is 2.90. The Kier molecular flexibility index (Phi) is 4.72. The van der Waals surface area contributed by atoms with E-state index in [1.165, 1.54) is 12.7 Å². The Balaban J connectivity index is 1.68. The van der Waals surface area contributed by atoms with Crippen LogP contribution >= 0.6 is 0 Å². The Morgan fingerprint density at radius 2 is 2.17 bits per heavy atom. The number of hydrogen-bond donors (Lipinski definition) is 1. The molecule has 0 bridgehead atoms. The number of carbonyl (C=O) groups is 1. The molecule has 0 aromatic carbocycles. The monoisotopic (exact) mass is 326 g/mol. The Morgan fingerprint density at radius 1 is 1.42 bits per heavy atom. The topological polar surface area (TPSA) is 69.8 Å². The van der Waals surface area contributed by atoms with Crippen LogP contribution < -0.4 is 5.32 Å². The molecule has 0 saturated carbocycles. The summed E-state index contributed by atoms with van der Waals surface area (Å²) in [6.45, 7) is 4.15. The van der Waals surface area contributed by atoms with Crippen molar-refractivity contribution in [2.24, 2.45) is 0 Å². The molecule has 1 N–H and O–H groups in total. The number of amides is 1. The molecule has 0 spiro atoms. The fourth-order valence-corrected chi connectivity index (χ4v) is 3.40. The third kappa shape index (κ3) is 2.95. The van der Waals surface area contributed by atoms with E-state index in [-0.39, 0.29) is 6.09 Å². The Labute approximate surface area is 141 Å². The molecule has 126 valence electrons. The maximum absolute atomic E-state index is 11.5. The van der Waals surface area contributed by atoms with Crippen molar-refractivity contribution in [3.63, 3.8) is 0 Å². The molecular weight excluding hydrogens is 304 g/mol. The molecule has 2 aromatic heterocycles. The Morgan fingerprint density at radius 3 is 2.83 bits per heavy atom. The molecule has 0 aliphatic carbocycles. The van der Waals surface area contributed by atoms with Gasteiger partial charge in [-0.05, 0) is 43.0 Å². The SMILES string of the molecule is COC(=O)N1CCC(NCc2c(C)c(C#N)n3ccccc23)CC1. The van der Waals surface area contributed by atoms with E-state index in [4.69, 9.17) is 4.74 Å². The van der Waals surface area contributed by atoms with E-state index in [1.807, 2.05) is 35.7 Å². The molecule has 0 unspecified atom stereocenters. The molecule has 2 aromatic rings. The third-order valence-electron chi connectivity index (χ3n) is 4.82. The number of carbonyl (C=O) groups excluding carboxylic acids is 1. The number of nitrogens with zero attached hydrogens (tertiary/aromatic N) is 3.